The quantitative estimate of drug-likeness (QED) is 0.507. The number of guanidine groups is 2. The molecule has 0 unspecified atom stereocenters. The molecule has 0 atom stereocenters. The summed E-state index contributed by atoms with van der Waals surface area (Å²) in [5.74, 6) is 0.850. The maximum Gasteiger partial charge on any atom is 0.218 e. The van der Waals surface area contributed by atoms with Gasteiger partial charge in [0.25, 0.3) is 0 Å². The second-order valence-electron chi connectivity index (χ2n) is 5.52. The lowest BCUT2D eigenvalue weighted by molar-refractivity contribution is 0.245. The first-order valence-electron chi connectivity index (χ1n) is 6.33. The van der Waals surface area contributed by atoms with Crippen molar-refractivity contribution in [3.8, 4) is 0 Å². The number of aliphatic imine (C=N–C) groups is 2. The fourth-order valence-corrected chi connectivity index (χ4v) is 2.83. The zero-order chi connectivity index (χ0) is 12.9. The zero-order valence-corrected chi connectivity index (χ0v) is 10.9. The molecule has 0 saturated heterocycles. The molecule has 5 heteroatoms. The van der Waals surface area contributed by atoms with Crippen molar-refractivity contribution in [1.29, 1.82) is 0 Å². The van der Waals surface area contributed by atoms with E-state index in [-0.39, 0.29) is 11.9 Å². The van der Waals surface area contributed by atoms with Crippen molar-refractivity contribution in [1.82, 2.24) is 0 Å². The summed E-state index contributed by atoms with van der Waals surface area (Å²) in [5.41, 5.74) is 16.5. The van der Waals surface area contributed by atoms with Crippen molar-refractivity contribution in [2.75, 3.05) is 6.54 Å². The Morgan fingerprint density at radius 2 is 1.76 bits per heavy atom. The van der Waals surface area contributed by atoms with Crippen LogP contribution >= 0.6 is 0 Å². The van der Waals surface area contributed by atoms with Crippen LogP contribution in [-0.4, -0.2) is 18.5 Å². The smallest absolute Gasteiger partial charge is 0.218 e. The topological polar surface area (TPSA) is 103 Å². The Bertz CT molecular complexity index is 296. The minimum atomic E-state index is -0.0319. The van der Waals surface area contributed by atoms with Gasteiger partial charge in [-0.25, -0.2) is 0 Å². The van der Waals surface area contributed by atoms with Crippen LogP contribution in [0.2, 0.25) is 0 Å². The number of nitrogens with zero attached hydrogens (tertiary/aromatic N) is 2. The van der Waals surface area contributed by atoms with E-state index >= 15 is 0 Å². The van der Waals surface area contributed by atoms with E-state index in [0.29, 0.717) is 11.3 Å². The highest BCUT2D eigenvalue weighted by Gasteiger charge is 2.34. The monoisotopic (exact) mass is 239 g/mol. The van der Waals surface area contributed by atoms with Gasteiger partial charge in [0.15, 0.2) is 5.96 Å². The van der Waals surface area contributed by atoms with Gasteiger partial charge in [0.1, 0.15) is 0 Å². The summed E-state index contributed by atoms with van der Waals surface area (Å²) in [6, 6.07) is 0. The Hall–Kier alpha value is -1.26. The fraction of sp³-hybridized carbons (Fsp3) is 0.833. The molecule has 0 aromatic carbocycles. The first-order chi connectivity index (χ1) is 7.93. The van der Waals surface area contributed by atoms with Gasteiger partial charge in [-0.2, -0.15) is 4.99 Å². The lowest BCUT2D eigenvalue weighted by Crippen LogP contribution is -2.28. The van der Waals surface area contributed by atoms with Crippen molar-refractivity contribution in [3.05, 3.63) is 0 Å². The summed E-state index contributed by atoms with van der Waals surface area (Å²) in [7, 11) is 0. The molecule has 17 heavy (non-hydrogen) atoms. The van der Waals surface area contributed by atoms with Crippen LogP contribution in [0.5, 0.6) is 0 Å². The van der Waals surface area contributed by atoms with Crippen LogP contribution in [-0.2, 0) is 0 Å². The third-order valence-electron chi connectivity index (χ3n) is 3.33. The van der Waals surface area contributed by atoms with Gasteiger partial charge in [0.2, 0.25) is 5.96 Å². The van der Waals surface area contributed by atoms with Crippen LogP contribution in [0.4, 0.5) is 0 Å². The lowest BCUT2D eigenvalue weighted by Gasteiger charge is -2.29. The highest BCUT2D eigenvalue weighted by molar-refractivity contribution is 5.92. The predicted octanol–water partition coefficient (Wildman–Crippen LogP) is 1.18. The second kappa shape index (κ2) is 5.89. The van der Waals surface area contributed by atoms with Crippen LogP contribution in [0.3, 0.4) is 0 Å². The minimum Gasteiger partial charge on any atom is -0.370 e. The second-order valence-corrected chi connectivity index (χ2v) is 5.52. The van der Waals surface area contributed by atoms with E-state index in [4.69, 9.17) is 17.2 Å². The molecule has 1 rings (SSSR count). The summed E-state index contributed by atoms with van der Waals surface area (Å²) in [6.07, 6.45) is 6.27. The SMILES string of the molecule is CC(C)CC1(CN=C(N)N=C(N)N)CCCC1. The summed E-state index contributed by atoms with van der Waals surface area (Å²) in [4.78, 5) is 8.07. The highest BCUT2D eigenvalue weighted by atomic mass is 15.1. The van der Waals surface area contributed by atoms with E-state index in [9.17, 15) is 0 Å². The molecule has 98 valence electrons. The Kier molecular flexibility index (Phi) is 4.78. The highest BCUT2D eigenvalue weighted by Crippen LogP contribution is 2.43. The van der Waals surface area contributed by atoms with Gasteiger partial charge in [0.05, 0.1) is 0 Å². The molecule has 0 bridgehead atoms. The number of rotatable bonds is 4. The van der Waals surface area contributed by atoms with Crippen LogP contribution in [0, 0.1) is 11.3 Å². The van der Waals surface area contributed by atoms with E-state index in [2.05, 4.69) is 23.8 Å². The molecular weight excluding hydrogens is 214 g/mol. The van der Waals surface area contributed by atoms with Gasteiger partial charge in [0, 0.05) is 6.54 Å². The molecule has 0 spiro atoms. The minimum absolute atomic E-state index is 0.0319. The van der Waals surface area contributed by atoms with Gasteiger partial charge in [-0.1, -0.05) is 26.7 Å². The van der Waals surface area contributed by atoms with E-state index in [1.165, 1.54) is 32.1 Å². The van der Waals surface area contributed by atoms with Gasteiger partial charge in [-0.15, -0.1) is 0 Å². The average Bonchev–Trinajstić information content (AvgIpc) is 2.62. The van der Waals surface area contributed by atoms with E-state index in [1.807, 2.05) is 0 Å². The molecule has 1 aliphatic rings. The van der Waals surface area contributed by atoms with Crippen molar-refractivity contribution in [2.45, 2.75) is 46.0 Å². The predicted molar refractivity (Wildman–Crippen MR) is 72.7 cm³/mol. The molecule has 0 radical (unpaired) electrons. The number of hydrogen-bond donors (Lipinski definition) is 3. The fourth-order valence-electron chi connectivity index (χ4n) is 2.83. The molecule has 0 aromatic heterocycles. The van der Waals surface area contributed by atoms with Gasteiger partial charge in [-0.05, 0) is 30.6 Å². The number of nitrogens with two attached hydrogens (primary N) is 3. The molecule has 0 aliphatic heterocycles. The molecule has 1 fully saturated rings. The standard InChI is InChI=1S/C12H25N5/c1-9(2)7-12(5-3-4-6-12)8-16-11(15)17-10(13)14/h9H,3-8H2,1-2H3,(H6,13,14,15,16,17). The number of hydrogen-bond acceptors (Lipinski definition) is 1. The maximum absolute atomic E-state index is 5.64. The van der Waals surface area contributed by atoms with Gasteiger partial charge < -0.3 is 17.2 Å². The molecule has 0 aromatic rings. The third-order valence-corrected chi connectivity index (χ3v) is 3.33. The summed E-state index contributed by atoms with van der Waals surface area (Å²) >= 11 is 0. The van der Waals surface area contributed by atoms with Crippen LogP contribution < -0.4 is 17.2 Å². The molecule has 1 saturated carbocycles. The van der Waals surface area contributed by atoms with Crippen molar-refractivity contribution < 1.29 is 0 Å². The van der Waals surface area contributed by atoms with Crippen LogP contribution in [0.25, 0.3) is 0 Å². The Labute approximate surface area is 104 Å². The van der Waals surface area contributed by atoms with E-state index in [1.54, 1.807) is 0 Å². The molecule has 0 amide bonds. The largest absolute Gasteiger partial charge is 0.370 e. The molecule has 0 heterocycles. The normalized spacial score (nSPS) is 19.6. The Morgan fingerprint density at radius 3 is 2.24 bits per heavy atom. The molecular formula is C12H25N5. The zero-order valence-electron chi connectivity index (χ0n) is 10.9. The van der Waals surface area contributed by atoms with Crippen molar-refractivity contribution >= 4 is 11.9 Å². The Balaban J connectivity index is 2.65. The summed E-state index contributed by atoms with van der Waals surface area (Å²) in [5, 5.41) is 0. The Morgan fingerprint density at radius 1 is 1.18 bits per heavy atom. The summed E-state index contributed by atoms with van der Waals surface area (Å²) in [6.45, 7) is 5.25. The average molecular weight is 239 g/mol. The molecule has 1 aliphatic carbocycles. The van der Waals surface area contributed by atoms with Crippen LogP contribution in [0.1, 0.15) is 46.0 Å². The first-order valence-corrected chi connectivity index (χ1v) is 6.33. The maximum atomic E-state index is 5.64. The lowest BCUT2D eigenvalue weighted by atomic mass is 9.78. The van der Waals surface area contributed by atoms with E-state index in [0.717, 1.165) is 6.54 Å². The van der Waals surface area contributed by atoms with E-state index < -0.39 is 0 Å². The first kappa shape index (κ1) is 13.8. The summed E-state index contributed by atoms with van der Waals surface area (Å²) < 4.78 is 0. The third kappa shape index (κ3) is 4.63. The van der Waals surface area contributed by atoms with Crippen molar-refractivity contribution in [2.24, 2.45) is 38.5 Å². The van der Waals surface area contributed by atoms with Gasteiger partial charge >= 0.3 is 0 Å². The van der Waals surface area contributed by atoms with Crippen molar-refractivity contribution in [3.63, 3.8) is 0 Å². The van der Waals surface area contributed by atoms with Crippen LogP contribution in [0.15, 0.2) is 9.98 Å². The molecule has 5 nitrogen and oxygen atoms in total. The molecule has 6 N–H and O–H groups in total. The van der Waals surface area contributed by atoms with Gasteiger partial charge in [-0.3, -0.25) is 4.99 Å².